The summed E-state index contributed by atoms with van der Waals surface area (Å²) >= 11 is 0. The van der Waals surface area contributed by atoms with Crippen LogP contribution in [0.4, 0.5) is 21.6 Å². The largest absolute Gasteiger partial charge is 0.485 e. The van der Waals surface area contributed by atoms with Gasteiger partial charge in [0, 0.05) is 36.2 Å². The topological polar surface area (TPSA) is 97.8 Å². The van der Waals surface area contributed by atoms with Crippen molar-refractivity contribution in [3.63, 3.8) is 0 Å². The number of fused-ring (bicyclic) bond motifs is 1. The molecule has 3 fully saturated rings. The normalized spacial score (nSPS) is 22.9. The Morgan fingerprint density at radius 2 is 2.16 bits per heavy atom. The van der Waals surface area contributed by atoms with Crippen LogP contribution in [0, 0.1) is 12.7 Å². The number of carbonyl (C=O) groups excluding carboxylic acids is 1. The number of aryl methyl sites for hydroxylation is 1. The number of nitrogens with zero attached hydrogens (tertiary/aromatic N) is 3. The van der Waals surface area contributed by atoms with Crippen molar-refractivity contribution < 1.29 is 23.4 Å². The summed E-state index contributed by atoms with van der Waals surface area (Å²) in [5, 5.41) is 6.90. The fourth-order valence-electron chi connectivity index (χ4n) is 4.74. The summed E-state index contributed by atoms with van der Waals surface area (Å²) in [6.45, 7) is 6.18. The second-order valence-corrected chi connectivity index (χ2v) is 10.00. The molecular weight excluding hydrogens is 489 g/mol. The number of anilines is 3. The SMILES string of the molecule is Cc1cc(Nc2ncnc3cc(OC4CC45COCCO5)c(NC(=O)/C=C/CN4CCC4)cc23)ccc1F. The smallest absolute Gasteiger partial charge is 0.248 e. The molecule has 9 nitrogen and oxygen atoms in total. The first kappa shape index (κ1) is 24.7. The predicted molar refractivity (Wildman–Crippen MR) is 141 cm³/mol. The van der Waals surface area contributed by atoms with E-state index >= 15 is 0 Å². The number of benzene rings is 2. The van der Waals surface area contributed by atoms with E-state index in [1.54, 1.807) is 37.3 Å². The standard InChI is InChI=1S/C28H30FN5O4/c1-18-12-19(5-6-21(18)29)32-27-20-13-23(33-26(35)4-2-7-34-8-3-9-34)24(14-22(20)30-17-31-27)38-25-15-28(25)16-36-10-11-37-28/h2,4-6,12-14,17,25H,3,7-11,15-16H2,1H3,(H,33,35)(H,30,31,32)/b4-2+. The molecule has 0 radical (unpaired) electrons. The zero-order chi connectivity index (χ0) is 26.1. The number of hydrogen-bond donors (Lipinski definition) is 2. The highest BCUT2D eigenvalue weighted by Gasteiger charge is 2.59. The fourth-order valence-corrected chi connectivity index (χ4v) is 4.74. The number of halogens is 1. The van der Waals surface area contributed by atoms with Crippen LogP contribution in [-0.2, 0) is 14.3 Å². The summed E-state index contributed by atoms with van der Waals surface area (Å²) in [5.74, 6) is 0.504. The number of hydrogen-bond acceptors (Lipinski definition) is 8. The highest BCUT2D eigenvalue weighted by Crippen LogP contribution is 2.46. The number of likely N-dealkylation sites (tertiary alicyclic amines) is 1. The highest BCUT2D eigenvalue weighted by molar-refractivity contribution is 6.03. The van der Waals surface area contributed by atoms with Gasteiger partial charge in [0.25, 0.3) is 0 Å². The Morgan fingerprint density at radius 1 is 1.26 bits per heavy atom. The molecule has 38 heavy (non-hydrogen) atoms. The molecule has 1 amide bonds. The summed E-state index contributed by atoms with van der Waals surface area (Å²) in [7, 11) is 0. The van der Waals surface area contributed by atoms with Gasteiger partial charge in [-0.15, -0.1) is 0 Å². The molecule has 2 aliphatic heterocycles. The van der Waals surface area contributed by atoms with Gasteiger partial charge < -0.3 is 24.8 Å². The Hall–Kier alpha value is -3.60. The monoisotopic (exact) mass is 519 g/mol. The maximum Gasteiger partial charge on any atom is 0.248 e. The second-order valence-electron chi connectivity index (χ2n) is 10.00. The lowest BCUT2D eigenvalue weighted by molar-refractivity contribution is -0.117. The molecule has 3 aliphatic rings. The molecule has 2 unspecified atom stereocenters. The Kier molecular flexibility index (Phi) is 6.69. The number of aromatic nitrogens is 2. The first-order valence-corrected chi connectivity index (χ1v) is 12.9. The van der Waals surface area contributed by atoms with Gasteiger partial charge in [-0.1, -0.05) is 6.08 Å². The summed E-state index contributed by atoms with van der Waals surface area (Å²) in [6.07, 6.45) is 6.61. The number of nitrogens with one attached hydrogen (secondary N) is 2. The Morgan fingerprint density at radius 3 is 2.92 bits per heavy atom. The van der Waals surface area contributed by atoms with E-state index in [9.17, 15) is 9.18 Å². The van der Waals surface area contributed by atoms with Crippen molar-refractivity contribution in [3.8, 4) is 5.75 Å². The molecule has 2 atom stereocenters. The number of carbonyl (C=O) groups is 1. The lowest BCUT2D eigenvalue weighted by atomic mass is 10.1. The molecule has 2 N–H and O–H groups in total. The number of ether oxygens (including phenoxy) is 3. The average molecular weight is 520 g/mol. The first-order chi connectivity index (χ1) is 18.5. The van der Waals surface area contributed by atoms with E-state index in [1.165, 1.54) is 18.8 Å². The predicted octanol–water partition coefficient (Wildman–Crippen LogP) is 3.96. The fraction of sp³-hybridized carbons (Fsp3) is 0.393. The van der Waals surface area contributed by atoms with Crippen molar-refractivity contribution in [2.24, 2.45) is 0 Å². The van der Waals surface area contributed by atoms with Gasteiger partial charge in [0.2, 0.25) is 5.91 Å². The van der Waals surface area contributed by atoms with Crippen LogP contribution in [0.25, 0.3) is 10.9 Å². The number of rotatable bonds is 8. The molecule has 2 aromatic carbocycles. The molecule has 2 saturated heterocycles. The summed E-state index contributed by atoms with van der Waals surface area (Å²) in [6, 6.07) is 8.38. The van der Waals surface area contributed by atoms with E-state index in [1.807, 2.05) is 6.08 Å². The van der Waals surface area contributed by atoms with Crippen LogP contribution < -0.4 is 15.4 Å². The minimum absolute atomic E-state index is 0.181. The third-order valence-corrected chi connectivity index (χ3v) is 7.19. The van der Waals surface area contributed by atoms with E-state index in [-0.39, 0.29) is 17.8 Å². The van der Waals surface area contributed by atoms with Gasteiger partial charge in [0.05, 0.1) is 31.0 Å². The third kappa shape index (κ3) is 5.20. The summed E-state index contributed by atoms with van der Waals surface area (Å²) in [4.78, 5) is 23.9. The van der Waals surface area contributed by atoms with Gasteiger partial charge in [-0.2, -0.15) is 0 Å². The Bertz CT molecular complexity index is 1390. The second kappa shape index (κ2) is 10.3. The van der Waals surface area contributed by atoms with Crippen molar-refractivity contribution in [2.75, 3.05) is 50.1 Å². The zero-order valence-electron chi connectivity index (χ0n) is 21.2. The molecule has 0 bridgehead atoms. The van der Waals surface area contributed by atoms with Gasteiger partial charge in [-0.3, -0.25) is 9.69 Å². The summed E-state index contributed by atoms with van der Waals surface area (Å²) in [5.41, 5.74) is 1.92. The molecule has 1 aliphatic carbocycles. The molecule has 10 heteroatoms. The zero-order valence-corrected chi connectivity index (χ0v) is 21.2. The van der Waals surface area contributed by atoms with Crippen LogP contribution in [0.1, 0.15) is 18.4 Å². The highest BCUT2D eigenvalue weighted by atomic mass is 19.1. The molecule has 3 aromatic rings. The van der Waals surface area contributed by atoms with Crippen molar-refractivity contribution in [1.82, 2.24) is 14.9 Å². The Balaban J connectivity index is 1.29. The molecular formula is C28H30FN5O4. The molecule has 1 spiro atoms. The maximum atomic E-state index is 13.8. The van der Waals surface area contributed by atoms with Crippen LogP contribution in [0.5, 0.6) is 5.75 Å². The minimum Gasteiger partial charge on any atom is -0.485 e. The summed E-state index contributed by atoms with van der Waals surface area (Å²) < 4.78 is 31.7. The van der Waals surface area contributed by atoms with Crippen LogP contribution in [0.2, 0.25) is 0 Å². The van der Waals surface area contributed by atoms with Gasteiger partial charge >= 0.3 is 0 Å². The van der Waals surface area contributed by atoms with Gasteiger partial charge in [0.15, 0.2) is 0 Å². The van der Waals surface area contributed by atoms with E-state index < -0.39 is 5.60 Å². The van der Waals surface area contributed by atoms with Gasteiger partial charge in [0.1, 0.15) is 35.4 Å². The van der Waals surface area contributed by atoms with E-state index in [4.69, 9.17) is 14.2 Å². The molecule has 1 aromatic heterocycles. The van der Waals surface area contributed by atoms with Crippen LogP contribution >= 0.6 is 0 Å². The average Bonchev–Trinajstić information content (AvgIpc) is 3.53. The molecule has 1 saturated carbocycles. The number of amides is 1. The van der Waals surface area contributed by atoms with Crippen molar-refractivity contribution >= 4 is 34.0 Å². The molecule has 198 valence electrons. The van der Waals surface area contributed by atoms with E-state index in [0.29, 0.717) is 65.6 Å². The molecule has 6 rings (SSSR count). The molecule has 3 heterocycles. The lowest BCUT2D eigenvalue weighted by Gasteiger charge is -2.29. The van der Waals surface area contributed by atoms with Crippen LogP contribution in [0.3, 0.4) is 0 Å². The van der Waals surface area contributed by atoms with Crippen molar-refractivity contribution in [3.05, 3.63) is 60.2 Å². The maximum absolute atomic E-state index is 13.8. The van der Waals surface area contributed by atoms with E-state index in [0.717, 1.165) is 19.6 Å². The van der Waals surface area contributed by atoms with Gasteiger partial charge in [-0.25, -0.2) is 14.4 Å². The van der Waals surface area contributed by atoms with E-state index in [2.05, 4.69) is 25.5 Å². The van der Waals surface area contributed by atoms with Crippen molar-refractivity contribution in [1.29, 1.82) is 0 Å². The van der Waals surface area contributed by atoms with Crippen LogP contribution in [-0.4, -0.2) is 71.9 Å². The lowest BCUT2D eigenvalue weighted by Crippen LogP contribution is -2.37. The van der Waals surface area contributed by atoms with Gasteiger partial charge in [-0.05, 0) is 56.3 Å². The Labute approximate surface area is 220 Å². The quantitative estimate of drug-likeness (QED) is 0.432. The first-order valence-electron chi connectivity index (χ1n) is 12.9. The van der Waals surface area contributed by atoms with Crippen molar-refractivity contribution in [2.45, 2.75) is 31.5 Å². The third-order valence-electron chi connectivity index (χ3n) is 7.19. The van der Waals surface area contributed by atoms with Crippen LogP contribution in [0.15, 0.2) is 48.8 Å². The minimum atomic E-state index is -0.440.